The standard InChI is InChI=1S/C6H9N2/c1-3-8-5-6(2)4-7-8/h4-5H,1,3H2,2H3/q+1. The Morgan fingerprint density at radius 2 is 2.62 bits per heavy atom. The molecule has 0 amide bonds. The topological polar surface area (TPSA) is 17.8 Å². The molecule has 0 aliphatic carbocycles. The van der Waals surface area contributed by atoms with Gasteiger partial charge in [0.15, 0.2) is 6.54 Å². The van der Waals surface area contributed by atoms with E-state index >= 15 is 0 Å². The van der Waals surface area contributed by atoms with Crippen LogP contribution in [0.2, 0.25) is 0 Å². The molecule has 8 heavy (non-hydrogen) atoms. The molecule has 0 aliphatic rings. The summed E-state index contributed by atoms with van der Waals surface area (Å²) in [5, 5.41) is 3.99. The Balaban J connectivity index is 2.84. The Kier molecular flexibility index (Phi) is 1.24. The fraction of sp³-hybridized carbons (Fsp3) is 0.333. The molecule has 0 aliphatic heterocycles. The monoisotopic (exact) mass is 109 g/mol. The van der Waals surface area contributed by atoms with Crippen LogP contribution in [-0.4, -0.2) is 9.78 Å². The minimum Gasteiger partial charge on any atom is -0.231 e. The molecule has 0 bridgehead atoms. The third-order valence-corrected chi connectivity index (χ3v) is 0.991. The second kappa shape index (κ2) is 1.90. The van der Waals surface area contributed by atoms with E-state index in [0.717, 1.165) is 0 Å². The first kappa shape index (κ1) is 5.22. The highest BCUT2D eigenvalue weighted by molar-refractivity contribution is 4.99. The minimum atomic E-state index is 0.716. The summed E-state index contributed by atoms with van der Waals surface area (Å²) in [4.78, 5) is 0. The SMILES string of the molecule is [CH2+]Cn1cc(C)cn1. The zero-order valence-corrected chi connectivity index (χ0v) is 4.96. The van der Waals surface area contributed by atoms with Crippen molar-refractivity contribution in [2.45, 2.75) is 13.5 Å². The Morgan fingerprint density at radius 3 is 2.88 bits per heavy atom. The van der Waals surface area contributed by atoms with Gasteiger partial charge in [0.2, 0.25) is 0 Å². The van der Waals surface area contributed by atoms with Gasteiger partial charge in [0.25, 0.3) is 0 Å². The molecule has 1 heterocycles. The first-order valence-corrected chi connectivity index (χ1v) is 2.61. The van der Waals surface area contributed by atoms with Crippen molar-refractivity contribution in [3.05, 3.63) is 24.9 Å². The molecule has 0 radical (unpaired) electrons. The molecule has 0 atom stereocenters. The summed E-state index contributed by atoms with van der Waals surface area (Å²) in [7, 11) is 0. The van der Waals surface area contributed by atoms with Crippen LogP contribution in [0.15, 0.2) is 12.4 Å². The zero-order valence-electron chi connectivity index (χ0n) is 4.96. The van der Waals surface area contributed by atoms with Crippen LogP contribution in [0.25, 0.3) is 0 Å². The molecule has 2 heteroatoms. The number of nitrogens with zero attached hydrogens (tertiary/aromatic N) is 2. The highest BCUT2D eigenvalue weighted by Gasteiger charge is 1.89. The lowest BCUT2D eigenvalue weighted by molar-refractivity contribution is 0.699. The summed E-state index contributed by atoms with van der Waals surface area (Å²) in [5.74, 6) is 0. The summed E-state index contributed by atoms with van der Waals surface area (Å²) in [6, 6.07) is 0. The van der Waals surface area contributed by atoms with Crippen LogP contribution in [0.1, 0.15) is 5.56 Å². The minimum absolute atomic E-state index is 0.716. The number of rotatable bonds is 1. The molecule has 0 unspecified atom stereocenters. The van der Waals surface area contributed by atoms with E-state index in [4.69, 9.17) is 0 Å². The summed E-state index contributed by atoms with van der Waals surface area (Å²) in [6.07, 6.45) is 3.79. The average Bonchev–Trinajstić information content (AvgIpc) is 2.14. The Bertz CT molecular complexity index is 167. The van der Waals surface area contributed by atoms with Crippen molar-refractivity contribution in [3.8, 4) is 0 Å². The van der Waals surface area contributed by atoms with Crippen molar-refractivity contribution < 1.29 is 0 Å². The molecular formula is C6H9N2+. The number of aromatic nitrogens is 2. The zero-order chi connectivity index (χ0) is 5.98. The van der Waals surface area contributed by atoms with Crippen LogP contribution in [0, 0.1) is 13.8 Å². The van der Waals surface area contributed by atoms with Gasteiger partial charge in [0.05, 0.1) is 13.1 Å². The van der Waals surface area contributed by atoms with Gasteiger partial charge in [-0.2, -0.15) is 5.10 Å². The summed E-state index contributed by atoms with van der Waals surface area (Å²) < 4.78 is 1.80. The van der Waals surface area contributed by atoms with E-state index in [9.17, 15) is 0 Å². The molecule has 0 spiro atoms. The maximum atomic E-state index is 3.99. The quantitative estimate of drug-likeness (QED) is 0.492. The molecule has 0 saturated carbocycles. The van der Waals surface area contributed by atoms with Crippen LogP contribution in [0.3, 0.4) is 0 Å². The van der Waals surface area contributed by atoms with Gasteiger partial charge in [0.1, 0.15) is 0 Å². The van der Waals surface area contributed by atoms with Gasteiger partial charge in [-0.05, 0) is 12.5 Å². The summed E-state index contributed by atoms with van der Waals surface area (Å²) in [6.45, 7) is 6.40. The van der Waals surface area contributed by atoms with Crippen LogP contribution in [0.4, 0.5) is 0 Å². The maximum absolute atomic E-state index is 3.99. The van der Waals surface area contributed by atoms with Crippen LogP contribution in [-0.2, 0) is 6.54 Å². The normalized spacial score (nSPS) is 9.62. The molecular weight excluding hydrogens is 100 g/mol. The van der Waals surface area contributed by atoms with Gasteiger partial charge in [-0.15, -0.1) is 0 Å². The van der Waals surface area contributed by atoms with Gasteiger partial charge in [-0.25, -0.2) is 4.68 Å². The Hall–Kier alpha value is -0.920. The van der Waals surface area contributed by atoms with Crippen molar-refractivity contribution in [1.29, 1.82) is 0 Å². The number of hydrogen-bond donors (Lipinski definition) is 0. The fourth-order valence-corrected chi connectivity index (χ4v) is 0.589. The lowest BCUT2D eigenvalue weighted by Crippen LogP contribution is -1.92. The largest absolute Gasteiger partial charge is 0.231 e. The van der Waals surface area contributed by atoms with Crippen LogP contribution < -0.4 is 0 Å². The lowest BCUT2D eigenvalue weighted by Gasteiger charge is -1.82. The Morgan fingerprint density at radius 1 is 1.88 bits per heavy atom. The van der Waals surface area contributed by atoms with Crippen molar-refractivity contribution in [2.75, 3.05) is 0 Å². The van der Waals surface area contributed by atoms with Gasteiger partial charge in [0, 0.05) is 6.20 Å². The average molecular weight is 109 g/mol. The van der Waals surface area contributed by atoms with E-state index in [-0.39, 0.29) is 0 Å². The molecule has 0 N–H and O–H groups in total. The van der Waals surface area contributed by atoms with Gasteiger partial charge in [-0.3, -0.25) is 0 Å². The molecule has 1 aromatic heterocycles. The van der Waals surface area contributed by atoms with E-state index in [0.29, 0.717) is 6.54 Å². The second-order valence-electron chi connectivity index (χ2n) is 1.78. The molecule has 1 aromatic rings. The predicted molar refractivity (Wildman–Crippen MR) is 32.3 cm³/mol. The van der Waals surface area contributed by atoms with Gasteiger partial charge in [-0.1, -0.05) is 0 Å². The molecule has 1 rings (SSSR count). The van der Waals surface area contributed by atoms with Crippen molar-refractivity contribution in [2.24, 2.45) is 0 Å². The Labute approximate surface area is 49.1 Å². The van der Waals surface area contributed by atoms with Crippen molar-refractivity contribution >= 4 is 0 Å². The van der Waals surface area contributed by atoms with E-state index in [1.54, 1.807) is 4.68 Å². The van der Waals surface area contributed by atoms with E-state index < -0.39 is 0 Å². The molecule has 42 valence electrons. The lowest BCUT2D eigenvalue weighted by atomic mass is 10.4. The number of aryl methyl sites for hydroxylation is 1. The molecule has 0 fully saturated rings. The number of hydrogen-bond acceptors (Lipinski definition) is 1. The molecule has 2 nitrogen and oxygen atoms in total. The molecule has 0 aromatic carbocycles. The van der Waals surface area contributed by atoms with Crippen molar-refractivity contribution in [3.63, 3.8) is 0 Å². The third kappa shape index (κ3) is 0.832. The van der Waals surface area contributed by atoms with Crippen LogP contribution in [0.5, 0.6) is 0 Å². The molecule has 0 saturated heterocycles. The fourth-order valence-electron chi connectivity index (χ4n) is 0.589. The summed E-state index contributed by atoms with van der Waals surface area (Å²) in [5.41, 5.74) is 1.19. The predicted octanol–water partition coefficient (Wildman–Crippen LogP) is 1.03. The van der Waals surface area contributed by atoms with Crippen LogP contribution >= 0.6 is 0 Å². The van der Waals surface area contributed by atoms with E-state index in [1.165, 1.54) is 5.56 Å². The van der Waals surface area contributed by atoms with Crippen molar-refractivity contribution in [1.82, 2.24) is 9.78 Å². The van der Waals surface area contributed by atoms with E-state index in [2.05, 4.69) is 12.0 Å². The first-order chi connectivity index (χ1) is 3.83. The maximum Gasteiger partial charge on any atom is 0.177 e. The third-order valence-electron chi connectivity index (χ3n) is 0.991. The highest BCUT2D eigenvalue weighted by atomic mass is 15.3. The first-order valence-electron chi connectivity index (χ1n) is 2.61. The van der Waals surface area contributed by atoms with E-state index in [1.807, 2.05) is 19.3 Å². The highest BCUT2D eigenvalue weighted by Crippen LogP contribution is 1.91. The van der Waals surface area contributed by atoms with Gasteiger partial charge >= 0.3 is 0 Å². The summed E-state index contributed by atoms with van der Waals surface area (Å²) >= 11 is 0. The second-order valence-corrected chi connectivity index (χ2v) is 1.78. The smallest absolute Gasteiger partial charge is 0.177 e. The van der Waals surface area contributed by atoms with Gasteiger partial charge < -0.3 is 0 Å².